The van der Waals surface area contributed by atoms with Gasteiger partial charge in [-0.15, -0.1) is 0 Å². The Balaban J connectivity index is 2.01. The van der Waals surface area contributed by atoms with Gasteiger partial charge in [0.15, 0.2) is 0 Å². The summed E-state index contributed by atoms with van der Waals surface area (Å²) in [5.41, 5.74) is -0.181. The first-order valence-corrected chi connectivity index (χ1v) is 5.79. The molecule has 1 N–H and O–H groups in total. The Morgan fingerprint density at radius 2 is 2.38 bits per heavy atom. The van der Waals surface area contributed by atoms with E-state index in [9.17, 15) is 9.90 Å². The Hall–Kier alpha value is -1.01. The lowest BCUT2D eigenvalue weighted by Crippen LogP contribution is -2.61. The quantitative estimate of drug-likeness (QED) is 0.719. The van der Waals surface area contributed by atoms with Gasteiger partial charge in [0.25, 0.3) is 0 Å². The van der Waals surface area contributed by atoms with E-state index in [0.29, 0.717) is 25.3 Å². The molecule has 88 valence electrons. The van der Waals surface area contributed by atoms with Gasteiger partial charge in [-0.25, -0.2) is 0 Å². The van der Waals surface area contributed by atoms with Crippen LogP contribution in [0.5, 0.6) is 0 Å². The van der Waals surface area contributed by atoms with Gasteiger partial charge in [0.2, 0.25) is 5.91 Å². The first kappa shape index (κ1) is 11.5. The molecule has 0 radical (unpaired) electrons. The van der Waals surface area contributed by atoms with Gasteiger partial charge in [0.1, 0.15) is 5.60 Å². The first-order chi connectivity index (χ1) is 7.57. The van der Waals surface area contributed by atoms with Crippen LogP contribution in [0.15, 0.2) is 12.3 Å². The zero-order valence-corrected chi connectivity index (χ0v) is 10.0. The van der Waals surface area contributed by atoms with Crippen molar-refractivity contribution in [1.29, 1.82) is 0 Å². The molecule has 1 aliphatic rings. The summed E-state index contributed by atoms with van der Waals surface area (Å²) < 4.78 is 1.64. The van der Waals surface area contributed by atoms with Crippen LogP contribution in [0.1, 0.15) is 12.1 Å². The van der Waals surface area contributed by atoms with E-state index in [1.165, 1.54) is 0 Å². The number of nitrogens with zero attached hydrogens (tertiary/aromatic N) is 3. The number of thiol groups is 1. The lowest BCUT2D eigenvalue weighted by Gasteiger charge is -2.46. The topological polar surface area (TPSA) is 58.4 Å². The monoisotopic (exact) mass is 241 g/mol. The van der Waals surface area contributed by atoms with Crippen molar-refractivity contribution in [2.24, 2.45) is 7.05 Å². The molecule has 1 fully saturated rings. The van der Waals surface area contributed by atoms with Gasteiger partial charge < -0.3 is 10.0 Å². The van der Waals surface area contributed by atoms with Crippen molar-refractivity contribution in [1.82, 2.24) is 14.7 Å². The molecular formula is C10H15N3O2S. The summed E-state index contributed by atoms with van der Waals surface area (Å²) in [6.07, 6.45) is 2.07. The fraction of sp³-hybridized carbons (Fsp3) is 0.600. The van der Waals surface area contributed by atoms with E-state index in [1.54, 1.807) is 28.9 Å². The van der Waals surface area contributed by atoms with Crippen LogP contribution in [0, 0.1) is 0 Å². The third-order valence-corrected chi connectivity index (χ3v) is 3.10. The molecule has 2 heterocycles. The van der Waals surface area contributed by atoms with Crippen LogP contribution in [0.4, 0.5) is 0 Å². The number of amides is 1. The van der Waals surface area contributed by atoms with E-state index in [-0.39, 0.29) is 5.91 Å². The van der Waals surface area contributed by atoms with Crippen LogP contribution in [0.3, 0.4) is 0 Å². The molecule has 0 saturated carbocycles. The fourth-order valence-corrected chi connectivity index (χ4v) is 2.20. The molecule has 0 aliphatic carbocycles. The molecule has 0 spiro atoms. The highest BCUT2D eigenvalue weighted by Gasteiger charge is 2.46. The van der Waals surface area contributed by atoms with Gasteiger partial charge in [0, 0.05) is 19.7 Å². The van der Waals surface area contributed by atoms with Gasteiger partial charge in [-0.05, 0) is 11.8 Å². The Labute approximate surface area is 99.5 Å². The van der Waals surface area contributed by atoms with E-state index in [1.807, 2.05) is 0 Å². The number of hydrogen-bond acceptors (Lipinski definition) is 4. The minimum Gasteiger partial charge on any atom is -0.380 e. The number of hydrogen-bond donors (Lipinski definition) is 2. The third-order valence-electron chi connectivity index (χ3n) is 2.88. The largest absolute Gasteiger partial charge is 0.380 e. The second kappa shape index (κ2) is 4.10. The van der Waals surface area contributed by atoms with Crippen molar-refractivity contribution in [3.63, 3.8) is 0 Å². The van der Waals surface area contributed by atoms with Crippen LogP contribution in [0.2, 0.25) is 0 Å². The molecule has 0 bridgehead atoms. The molecule has 1 aromatic heterocycles. The average Bonchev–Trinajstić information content (AvgIpc) is 2.60. The predicted molar refractivity (Wildman–Crippen MR) is 62.2 cm³/mol. The van der Waals surface area contributed by atoms with Crippen molar-refractivity contribution < 1.29 is 9.90 Å². The SMILES string of the molecule is Cn1nccc1C1(O)CN(C(=O)CCS)C1. The Bertz CT molecular complexity index is 399. The number of rotatable bonds is 3. The summed E-state index contributed by atoms with van der Waals surface area (Å²) in [6.45, 7) is 0.693. The van der Waals surface area contributed by atoms with Gasteiger partial charge in [-0.2, -0.15) is 17.7 Å². The highest BCUT2D eigenvalue weighted by atomic mass is 32.1. The van der Waals surface area contributed by atoms with Crippen molar-refractivity contribution >= 4 is 18.5 Å². The van der Waals surface area contributed by atoms with Crippen LogP contribution >= 0.6 is 12.6 Å². The van der Waals surface area contributed by atoms with E-state index in [2.05, 4.69) is 17.7 Å². The second-order valence-electron chi connectivity index (χ2n) is 4.10. The number of aryl methyl sites for hydroxylation is 1. The summed E-state index contributed by atoms with van der Waals surface area (Å²) in [7, 11) is 1.78. The van der Waals surface area contributed by atoms with Gasteiger partial charge in [-0.1, -0.05) is 0 Å². The predicted octanol–water partition coefficient (Wildman–Crippen LogP) is -0.230. The Morgan fingerprint density at radius 3 is 2.88 bits per heavy atom. The molecule has 0 unspecified atom stereocenters. The molecule has 5 nitrogen and oxygen atoms in total. The molecule has 16 heavy (non-hydrogen) atoms. The zero-order valence-electron chi connectivity index (χ0n) is 9.13. The molecule has 2 rings (SSSR count). The fourth-order valence-electron chi connectivity index (χ4n) is 2.01. The minimum absolute atomic E-state index is 0.0434. The number of carbonyl (C=O) groups excluding carboxylic acids is 1. The molecule has 1 aliphatic heterocycles. The maximum atomic E-state index is 11.5. The van der Waals surface area contributed by atoms with E-state index < -0.39 is 5.60 Å². The van der Waals surface area contributed by atoms with Crippen molar-refractivity contribution in [3.8, 4) is 0 Å². The van der Waals surface area contributed by atoms with Crippen molar-refractivity contribution in [2.45, 2.75) is 12.0 Å². The van der Waals surface area contributed by atoms with Crippen LogP contribution in [-0.2, 0) is 17.4 Å². The standard InChI is InChI=1S/C10H15N3O2S/c1-12-8(2-4-11-12)10(15)6-13(7-10)9(14)3-5-16/h2,4,15-16H,3,5-7H2,1H3. The summed E-state index contributed by atoms with van der Waals surface area (Å²) in [4.78, 5) is 13.2. The van der Waals surface area contributed by atoms with Crippen molar-refractivity contribution in [2.75, 3.05) is 18.8 Å². The Kier molecular flexibility index (Phi) is 2.94. The highest BCUT2D eigenvalue weighted by Crippen LogP contribution is 2.31. The third kappa shape index (κ3) is 1.82. The van der Waals surface area contributed by atoms with Gasteiger partial charge in [-0.3, -0.25) is 9.48 Å². The smallest absolute Gasteiger partial charge is 0.223 e. The number of aromatic nitrogens is 2. The van der Waals surface area contributed by atoms with Gasteiger partial charge in [0.05, 0.1) is 18.8 Å². The maximum Gasteiger partial charge on any atom is 0.223 e. The molecular weight excluding hydrogens is 226 g/mol. The summed E-state index contributed by atoms with van der Waals surface area (Å²) in [5, 5.41) is 14.3. The lowest BCUT2D eigenvalue weighted by molar-refractivity contribution is -0.158. The van der Waals surface area contributed by atoms with Crippen LogP contribution in [0.25, 0.3) is 0 Å². The Morgan fingerprint density at radius 1 is 1.69 bits per heavy atom. The summed E-state index contributed by atoms with van der Waals surface area (Å²) in [6, 6.07) is 1.78. The van der Waals surface area contributed by atoms with E-state index in [0.717, 1.165) is 5.69 Å². The minimum atomic E-state index is -0.933. The maximum absolute atomic E-state index is 11.5. The number of β-amino-alcohol motifs (C(OH)–C–C–N with tert-alkyl or cyclic N) is 1. The molecule has 0 atom stereocenters. The van der Waals surface area contributed by atoms with E-state index >= 15 is 0 Å². The molecule has 0 aromatic carbocycles. The molecule has 1 saturated heterocycles. The summed E-state index contributed by atoms with van der Waals surface area (Å²) in [5.74, 6) is 0.585. The summed E-state index contributed by atoms with van der Waals surface area (Å²) >= 11 is 4.01. The number of aliphatic hydroxyl groups is 1. The first-order valence-electron chi connectivity index (χ1n) is 5.16. The van der Waals surface area contributed by atoms with Crippen LogP contribution in [-0.4, -0.2) is 44.5 Å². The molecule has 6 heteroatoms. The number of carbonyl (C=O) groups is 1. The lowest BCUT2D eigenvalue weighted by atomic mass is 9.90. The van der Waals surface area contributed by atoms with Crippen molar-refractivity contribution in [3.05, 3.63) is 18.0 Å². The van der Waals surface area contributed by atoms with E-state index in [4.69, 9.17) is 0 Å². The molecule has 1 amide bonds. The van der Waals surface area contributed by atoms with Crippen LogP contribution < -0.4 is 0 Å². The molecule has 1 aromatic rings. The highest BCUT2D eigenvalue weighted by molar-refractivity contribution is 7.80. The zero-order chi connectivity index (χ0) is 11.8. The average molecular weight is 241 g/mol. The second-order valence-corrected chi connectivity index (χ2v) is 4.54. The van der Waals surface area contributed by atoms with Gasteiger partial charge >= 0.3 is 0 Å². The normalized spacial score (nSPS) is 18.3. The number of likely N-dealkylation sites (tertiary alicyclic amines) is 1.